The molecular formula is C21H22F2N2O2. The van der Waals surface area contributed by atoms with Gasteiger partial charge in [-0.25, -0.2) is 8.78 Å². The number of alkyl halides is 1. The summed E-state index contributed by atoms with van der Waals surface area (Å²) >= 11 is 0. The minimum atomic E-state index is -1.18. The minimum absolute atomic E-state index is 0.215. The van der Waals surface area contributed by atoms with Crippen molar-refractivity contribution in [2.24, 2.45) is 5.73 Å². The predicted octanol–water partition coefficient (Wildman–Crippen LogP) is 4.38. The predicted molar refractivity (Wildman–Crippen MR) is 101 cm³/mol. The molecule has 0 bridgehead atoms. The maximum absolute atomic E-state index is 13.2. The Morgan fingerprint density at radius 2 is 1.89 bits per heavy atom. The van der Waals surface area contributed by atoms with Gasteiger partial charge in [-0.15, -0.1) is 0 Å². The van der Waals surface area contributed by atoms with Crippen LogP contribution in [0.3, 0.4) is 0 Å². The molecule has 27 heavy (non-hydrogen) atoms. The van der Waals surface area contributed by atoms with Gasteiger partial charge in [-0.1, -0.05) is 24.3 Å². The average Bonchev–Trinajstić information content (AvgIpc) is 2.60. The first-order chi connectivity index (χ1) is 12.8. The van der Waals surface area contributed by atoms with Crippen LogP contribution in [0.15, 0.2) is 72.0 Å². The van der Waals surface area contributed by atoms with Crippen LogP contribution >= 0.6 is 0 Å². The SMILES string of the molecule is C/C(N)=C(\C=C/C(C)F)C(=O)NCc1cccc(Oc2cccc(F)c2)c1. The molecule has 0 saturated heterocycles. The quantitative estimate of drug-likeness (QED) is 0.560. The van der Waals surface area contributed by atoms with Crippen molar-refractivity contribution in [1.82, 2.24) is 5.32 Å². The number of nitrogens with one attached hydrogen (secondary N) is 1. The monoisotopic (exact) mass is 372 g/mol. The molecule has 1 amide bonds. The van der Waals surface area contributed by atoms with Gasteiger partial charge >= 0.3 is 0 Å². The van der Waals surface area contributed by atoms with Crippen LogP contribution in [0.1, 0.15) is 19.4 Å². The van der Waals surface area contributed by atoms with Gasteiger partial charge in [0.05, 0.1) is 5.57 Å². The van der Waals surface area contributed by atoms with Crippen molar-refractivity contribution in [3.63, 3.8) is 0 Å². The molecule has 0 spiro atoms. The fraction of sp³-hybridized carbons (Fsp3) is 0.190. The number of ether oxygens (including phenoxy) is 1. The van der Waals surface area contributed by atoms with Crippen molar-refractivity contribution in [2.75, 3.05) is 0 Å². The number of carbonyl (C=O) groups excluding carboxylic acids is 1. The summed E-state index contributed by atoms with van der Waals surface area (Å²) in [6.45, 7) is 3.17. The van der Waals surface area contributed by atoms with Gasteiger partial charge in [0.25, 0.3) is 5.91 Å². The van der Waals surface area contributed by atoms with E-state index in [1.165, 1.54) is 31.2 Å². The lowest BCUT2D eigenvalue weighted by Crippen LogP contribution is -2.25. The first-order valence-electron chi connectivity index (χ1n) is 8.44. The van der Waals surface area contributed by atoms with Crippen LogP contribution in [0.25, 0.3) is 0 Å². The van der Waals surface area contributed by atoms with E-state index in [4.69, 9.17) is 10.5 Å². The summed E-state index contributed by atoms with van der Waals surface area (Å²) in [5, 5.41) is 2.74. The molecule has 1 unspecified atom stereocenters. The van der Waals surface area contributed by atoms with E-state index in [2.05, 4.69) is 5.32 Å². The van der Waals surface area contributed by atoms with Crippen LogP contribution in [0.4, 0.5) is 8.78 Å². The van der Waals surface area contributed by atoms with E-state index in [1.54, 1.807) is 37.3 Å². The highest BCUT2D eigenvalue weighted by Crippen LogP contribution is 2.22. The van der Waals surface area contributed by atoms with Crippen molar-refractivity contribution < 1.29 is 18.3 Å². The summed E-state index contributed by atoms with van der Waals surface area (Å²) in [5.41, 5.74) is 7.01. The highest BCUT2D eigenvalue weighted by molar-refractivity contribution is 5.96. The van der Waals surface area contributed by atoms with Crippen molar-refractivity contribution in [3.8, 4) is 11.5 Å². The lowest BCUT2D eigenvalue weighted by molar-refractivity contribution is -0.117. The molecule has 0 fully saturated rings. The highest BCUT2D eigenvalue weighted by Gasteiger charge is 2.09. The van der Waals surface area contributed by atoms with Gasteiger partial charge in [0.15, 0.2) is 0 Å². The molecule has 2 rings (SSSR count). The molecule has 2 aromatic rings. The molecule has 1 atom stereocenters. The van der Waals surface area contributed by atoms with Gasteiger partial charge in [0.1, 0.15) is 23.5 Å². The second-order valence-corrected chi connectivity index (χ2v) is 6.02. The molecule has 0 aliphatic rings. The van der Waals surface area contributed by atoms with Crippen molar-refractivity contribution in [2.45, 2.75) is 26.6 Å². The van der Waals surface area contributed by atoms with E-state index in [1.807, 2.05) is 6.07 Å². The summed E-state index contributed by atoms with van der Waals surface area (Å²) in [6, 6.07) is 12.9. The van der Waals surface area contributed by atoms with Crippen molar-refractivity contribution in [1.29, 1.82) is 0 Å². The molecule has 142 valence electrons. The van der Waals surface area contributed by atoms with E-state index in [0.29, 0.717) is 17.2 Å². The second-order valence-electron chi connectivity index (χ2n) is 6.02. The number of hydrogen-bond donors (Lipinski definition) is 2. The third kappa shape index (κ3) is 6.58. The van der Waals surface area contributed by atoms with Crippen LogP contribution in [0, 0.1) is 5.82 Å². The molecule has 0 aliphatic heterocycles. The topological polar surface area (TPSA) is 64.4 Å². The fourth-order valence-electron chi connectivity index (χ4n) is 2.28. The number of carbonyl (C=O) groups is 1. The lowest BCUT2D eigenvalue weighted by atomic mass is 10.1. The molecule has 3 N–H and O–H groups in total. The molecule has 4 nitrogen and oxygen atoms in total. The summed E-state index contributed by atoms with van der Waals surface area (Å²) in [7, 11) is 0. The van der Waals surface area contributed by atoms with Gasteiger partial charge in [-0.3, -0.25) is 4.79 Å². The molecule has 6 heteroatoms. The van der Waals surface area contributed by atoms with E-state index in [9.17, 15) is 13.6 Å². The number of halogens is 2. The molecule has 0 saturated carbocycles. The Morgan fingerprint density at radius 3 is 2.52 bits per heavy atom. The molecule has 0 aromatic heterocycles. The Labute approximate surface area is 157 Å². The Hall–Kier alpha value is -3.15. The first kappa shape index (κ1) is 20.2. The van der Waals surface area contributed by atoms with Crippen LogP contribution in [0.5, 0.6) is 11.5 Å². The van der Waals surface area contributed by atoms with Gasteiger partial charge in [0, 0.05) is 18.3 Å². The first-order valence-corrected chi connectivity index (χ1v) is 8.44. The summed E-state index contributed by atoms with van der Waals surface area (Å²) in [6.07, 6.45) is 1.46. The van der Waals surface area contributed by atoms with Gasteiger partial charge in [-0.05, 0) is 49.8 Å². The molecule has 0 radical (unpaired) electrons. The van der Waals surface area contributed by atoms with Crippen LogP contribution in [0.2, 0.25) is 0 Å². The third-order valence-electron chi connectivity index (χ3n) is 3.58. The normalized spacial score (nSPS) is 13.2. The number of nitrogens with two attached hydrogens (primary N) is 1. The van der Waals surface area contributed by atoms with Crippen LogP contribution in [-0.4, -0.2) is 12.1 Å². The number of hydrogen-bond acceptors (Lipinski definition) is 3. The van der Waals surface area contributed by atoms with E-state index in [0.717, 1.165) is 5.56 Å². The zero-order chi connectivity index (χ0) is 19.8. The summed E-state index contributed by atoms with van der Waals surface area (Å²) in [4.78, 5) is 12.3. The third-order valence-corrected chi connectivity index (χ3v) is 3.58. The Kier molecular flexibility index (Phi) is 7.11. The highest BCUT2D eigenvalue weighted by atomic mass is 19.1. The Bertz CT molecular complexity index is 857. The van der Waals surface area contributed by atoms with Crippen LogP contribution < -0.4 is 15.8 Å². The lowest BCUT2D eigenvalue weighted by Gasteiger charge is -2.10. The molecule has 0 aliphatic carbocycles. The number of rotatable bonds is 7. The summed E-state index contributed by atoms with van der Waals surface area (Å²) in [5.74, 6) is 0.112. The zero-order valence-corrected chi connectivity index (χ0v) is 15.2. The minimum Gasteiger partial charge on any atom is -0.457 e. The van der Waals surface area contributed by atoms with Gasteiger partial charge in [0.2, 0.25) is 0 Å². The van der Waals surface area contributed by atoms with Crippen molar-refractivity contribution >= 4 is 5.91 Å². The van der Waals surface area contributed by atoms with Crippen LogP contribution in [-0.2, 0) is 11.3 Å². The molecule has 0 heterocycles. The van der Waals surface area contributed by atoms with E-state index >= 15 is 0 Å². The average molecular weight is 372 g/mol. The summed E-state index contributed by atoms with van der Waals surface area (Å²) < 4.78 is 31.8. The largest absolute Gasteiger partial charge is 0.457 e. The Morgan fingerprint density at radius 1 is 1.22 bits per heavy atom. The standard InChI is InChI=1S/C21H22F2N2O2/c1-14(22)9-10-20(15(2)24)21(26)25-13-16-5-3-7-18(11-16)27-19-8-4-6-17(23)12-19/h3-12,14H,13,24H2,1-2H3,(H,25,26)/b10-9-,20-15-. The number of amides is 1. The van der Waals surface area contributed by atoms with E-state index in [-0.39, 0.29) is 17.9 Å². The number of allylic oxidation sites excluding steroid dienone is 2. The zero-order valence-electron chi connectivity index (χ0n) is 15.2. The fourth-order valence-corrected chi connectivity index (χ4v) is 2.28. The maximum Gasteiger partial charge on any atom is 0.253 e. The Balaban J connectivity index is 2.03. The van der Waals surface area contributed by atoms with Gasteiger partial charge < -0.3 is 15.8 Å². The number of benzene rings is 2. The van der Waals surface area contributed by atoms with Crippen molar-refractivity contribution in [3.05, 3.63) is 83.3 Å². The van der Waals surface area contributed by atoms with E-state index < -0.39 is 12.1 Å². The molecular weight excluding hydrogens is 350 g/mol. The molecule has 2 aromatic carbocycles. The van der Waals surface area contributed by atoms with Gasteiger partial charge in [-0.2, -0.15) is 0 Å². The smallest absolute Gasteiger partial charge is 0.253 e. The second kappa shape index (κ2) is 9.52. The maximum atomic E-state index is 13.2.